The minimum Gasteiger partial charge on any atom is -0.497 e. The summed E-state index contributed by atoms with van der Waals surface area (Å²) in [5.74, 6) is 1.83. The molecular formula is C21H26N2O3. The quantitative estimate of drug-likeness (QED) is 0.715. The van der Waals surface area contributed by atoms with Gasteiger partial charge in [0.15, 0.2) is 5.78 Å². The molecule has 0 aromatic heterocycles. The van der Waals surface area contributed by atoms with E-state index in [4.69, 9.17) is 9.47 Å². The van der Waals surface area contributed by atoms with Gasteiger partial charge in [-0.15, -0.1) is 0 Å². The molecule has 1 saturated heterocycles. The summed E-state index contributed by atoms with van der Waals surface area (Å²) in [5.41, 5.74) is 1.94. The van der Waals surface area contributed by atoms with Crippen molar-refractivity contribution in [3.8, 4) is 11.5 Å². The lowest BCUT2D eigenvalue weighted by molar-refractivity contribution is 0.0926. The number of piperazine rings is 1. The molecule has 0 unspecified atom stereocenters. The van der Waals surface area contributed by atoms with Crippen molar-refractivity contribution >= 4 is 11.5 Å². The van der Waals surface area contributed by atoms with E-state index in [1.807, 2.05) is 43.3 Å². The molecule has 0 bridgehead atoms. The maximum atomic E-state index is 12.5. The molecule has 0 saturated carbocycles. The van der Waals surface area contributed by atoms with Crippen LogP contribution in [0.15, 0.2) is 48.5 Å². The molecule has 2 aromatic rings. The van der Waals surface area contributed by atoms with Crippen LogP contribution in [0, 0.1) is 0 Å². The normalized spacial score (nSPS) is 14.9. The summed E-state index contributed by atoms with van der Waals surface area (Å²) in [4.78, 5) is 17.1. The molecule has 0 aliphatic carbocycles. The van der Waals surface area contributed by atoms with Crippen LogP contribution < -0.4 is 14.4 Å². The van der Waals surface area contributed by atoms with E-state index in [-0.39, 0.29) is 5.78 Å². The van der Waals surface area contributed by atoms with Crippen LogP contribution in [0.3, 0.4) is 0 Å². The summed E-state index contributed by atoms with van der Waals surface area (Å²) in [7, 11) is 1.68. The molecule has 1 aliphatic heterocycles. The van der Waals surface area contributed by atoms with Gasteiger partial charge in [0.25, 0.3) is 0 Å². The summed E-state index contributed by atoms with van der Waals surface area (Å²) in [6, 6.07) is 15.5. The van der Waals surface area contributed by atoms with Crippen LogP contribution in [-0.2, 0) is 0 Å². The number of benzene rings is 2. The van der Waals surface area contributed by atoms with Crippen LogP contribution in [0.2, 0.25) is 0 Å². The molecule has 0 radical (unpaired) electrons. The summed E-state index contributed by atoms with van der Waals surface area (Å²) in [6.07, 6.45) is 0. The highest BCUT2D eigenvalue weighted by Crippen LogP contribution is 2.20. The van der Waals surface area contributed by atoms with Crippen molar-refractivity contribution < 1.29 is 14.3 Å². The zero-order valence-corrected chi connectivity index (χ0v) is 15.5. The van der Waals surface area contributed by atoms with Crippen LogP contribution >= 0.6 is 0 Å². The summed E-state index contributed by atoms with van der Waals surface area (Å²) in [5, 5.41) is 0. The van der Waals surface area contributed by atoms with E-state index in [0.717, 1.165) is 43.2 Å². The van der Waals surface area contributed by atoms with Gasteiger partial charge in [0.1, 0.15) is 11.5 Å². The number of hydrogen-bond donors (Lipinski definition) is 0. The second-order valence-electron chi connectivity index (χ2n) is 6.34. The van der Waals surface area contributed by atoms with Crippen molar-refractivity contribution in [1.29, 1.82) is 0 Å². The predicted molar refractivity (Wildman–Crippen MR) is 104 cm³/mol. The molecule has 0 atom stereocenters. The van der Waals surface area contributed by atoms with Gasteiger partial charge in [0, 0.05) is 37.4 Å². The van der Waals surface area contributed by atoms with Gasteiger partial charge >= 0.3 is 0 Å². The molecule has 5 nitrogen and oxygen atoms in total. The van der Waals surface area contributed by atoms with Crippen molar-refractivity contribution in [3.63, 3.8) is 0 Å². The van der Waals surface area contributed by atoms with E-state index in [0.29, 0.717) is 13.2 Å². The highest BCUT2D eigenvalue weighted by molar-refractivity contribution is 5.97. The standard InChI is InChI=1S/C21H26N2O3/c1-3-26-20-8-4-17(5-9-20)21(24)16-22-12-14-23(15-13-22)18-6-10-19(25-2)11-7-18/h4-11H,3,12-16H2,1-2H3. The number of Topliss-reactive ketones (excluding diaryl/α,β-unsaturated/α-hetero) is 1. The van der Waals surface area contributed by atoms with Gasteiger partial charge < -0.3 is 14.4 Å². The van der Waals surface area contributed by atoms with Crippen molar-refractivity contribution in [3.05, 3.63) is 54.1 Å². The molecule has 1 fully saturated rings. The lowest BCUT2D eigenvalue weighted by atomic mass is 10.1. The van der Waals surface area contributed by atoms with Crippen molar-refractivity contribution in [2.75, 3.05) is 51.3 Å². The fourth-order valence-electron chi connectivity index (χ4n) is 3.16. The van der Waals surface area contributed by atoms with Crippen LogP contribution in [0.25, 0.3) is 0 Å². The van der Waals surface area contributed by atoms with E-state index >= 15 is 0 Å². The number of rotatable bonds is 7. The second-order valence-corrected chi connectivity index (χ2v) is 6.34. The fourth-order valence-corrected chi connectivity index (χ4v) is 3.16. The number of hydrogen-bond acceptors (Lipinski definition) is 5. The van der Waals surface area contributed by atoms with Gasteiger partial charge in [0.05, 0.1) is 20.3 Å². The fraction of sp³-hybridized carbons (Fsp3) is 0.381. The highest BCUT2D eigenvalue weighted by atomic mass is 16.5. The first kappa shape index (κ1) is 18.3. The number of methoxy groups -OCH3 is 1. The van der Waals surface area contributed by atoms with Gasteiger partial charge in [-0.05, 0) is 55.5 Å². The third-order valence-electron chi connectivity index (χ3n) is 4.66. The van der Waals surface area contributed by atoms with E-state index in [1.54, 1.807) is 7.11 Å². The Morgan fingerprint density at radius 2 is 1.54 bits per heavy atom. The highest BCUT2D eigenvalue weighted by Gasteiger charge is 2.20. The Morgan fingerprint density at radius 1 is 0.923 bits per heavy atom. The summed E-state index contributed by atoms with van der Waals surface area (Å²) < 4.78 is 10.6. The Kier molecular flexibility index (Phi) is 6.12. The van der Waals surface area contributed by atoms with Crippen molar-refractivity contribution in [2.24, 2.45) is 0 Å². The van der Waals surface area contributed by atoms with E-state index in [9.17, 15) is 4.79 Å². The van der Waals surface area contributed by atoms with Gasteiger partial charge in [-0.1, -0.05) is 0 Å². The Morgan fingerprint density at radius 3 is 2.12 bits per heavy atom. The molecule has 26 heavy (non-hydrogen) atoms. The van der Waals surface area contributed by atoms with Crippen LogP contribution in [0.5, 0.6) is 11.5 Å². The first-order valence-electron chi connectivity index (χ1n) is 9.07. The number of carbonyl (C=O) groups excluding carboxylic acids is 1. The summed E-state index contributed by atoms with van der Waals surface area (Å²) in [6.45, 7) is 6.65. The number of ketones is 1. The van der Waals surface area contributed by atoms with Gasteiger partial charge in [0.2, 0.25) is 0 Å². The van der Waals surface area contributed by atoms with Gasteiger partial charge in [-0.2, -0.15) is 0 Å². The van der Waals surface area contributed by atoms with E-state index in [2.05, 4.69) is 21.9 Å². The lowest BCUT2D eigenvalue weighted by Crippen LogP contribution is -2.48. The molecule has 0 spiro atoms. The topological polar surface area (TPSA) is 42.0 Å². The molecule has 1 aliphatic rings. The SMILES string of the molecule is CCOc1ccc(C(=O)CN2CCN(c3ccc(OC)cc3)CC2)cc1. The predicted octanol–water partition coefficient (Wildman–Crippen LogP) is 3.10. The molecule has 3 rings (SSSR count). The Bertz CT molecular complexity index is 705. The van der Waals surface area contributed by atoms with Crippen LogP contribution in [0.4, 0.5) is 5.69 Å². The Labute approximate surface area is 155 Å². The molecule has 5 heteroatoms. The van der Waals surface area contributed by atoms with Crippen LogP contribution in [0.1, 0.15) is 17.3 Å². The molecule has 138 valence electrons. The molecule has 1 heterocycles. The van der Waals surface area contributed by atoms with E-state index < -0.39 is 0 Å². The zero-order chi connectivity index (χ0) is 18.4. The largest absolute Gasteiger partial charge is 0.497 e. The maximum Gasteiger partial charge on any atom is 0.176 e. The van der Waals surface area contributed by atoms with E-state index in [1.165, 1.54) is 5.69 Å². The molecule has 0 amide bonds. The number of anilines is 1. The monoisotopic (exact) mass is 354 g/mol. The van der Waals surface area contributed by atoms with Crippen molar-refractivity contribution in [2.45, 2.75) is 6.92 Å². The number of ether oxygens (including phenoxy) is 2. The molecule has 2 aromatic carbocycles. The molecule has 0 N–H and O–H groups in total. The van der Waals surface area contributed by atoms with Crippen LogP contribution in [-0.4, -0.2) is 57.1 Å². The van der Waals surface area contributed by atoms with Gasteiger partial charge in [-0.3, -0.25) is 9.69 Å². The Balaban J connectivity index is 1.50. The first-order valence-corrected chi connectivity index (χ1v) is 9.07. The smallest absolute Gasteiger partial charge is 0.176 e. The minimum atomic E-state index is 0.158. The molecular weight excluding hydrogens is 328 g/mol. The average Bonchev–Trinajstić information content (AvgIpc) is 2.69. The zero-order valence-electron chi connectivity index (χ0n) is 15.5. The van der Waals surface area contributed by atoms with Gasteiger partial charge in [-0.25, -0.2) is 0 Å². The third kappa shape index (κ3) is 4.55. The Hall–Kier alpha value is -2.53. The first-order chi connectivity index (χ1) is 12.7. The average molecular weight is 354 g/mol. The lowest BCUT2D eigenvalue weighted by Gasteiger charge is -2.35. The summed E-state index contributed by atoms with van der Waals surface area (Å²) >= 11 is 0. The second kappa shape index (κ2) is 8.72. The minimum absolute atomic E-state index is 0.158. The maximum absolute atomic E-state index is 12.5. The van der Waals surface area contributed by atoms with Crippen molar-refractivity contribution in [1.82, 2.24) is 4.90 Å². The number of nitrogens with zero attached hydrogens (tertiary/aromatic N) is 2. The number of carbonyl (C=O) groups is 1. The third-order valence-corrected chi connectivity index (χ3v) is 4.66.